The molecule has 2 aromatic rings. The van der Waals surface area contributed by atoms with Gasteiger partial charge < -0.3 is 9.88 Å². The van der Waals surface area contributed by atoms with E-state index in [1.807, 2.05) is 24.1 Å². The fourth-order valence-electron chi connectivity index (χ4n) is 3.78. The van der Waals surface area contributed by atoms with Crippen LogP contribution >= 0.6 is 11.3 Å². The Morgan fingerprint density at radius 3 is 2.56 bits per heavy atom. The number of aromatic amines is 1. The van der Waals surface area contributed by atoms with E-state index in [2.05, 4.69) is 4.98 Å². The lowest BCUT2D eigenvalue weighted by molar-refractivity contribution is -0.136. The molecule has 0 aromatic carbocycles. The first kappa shape index (κ1) is 17.9. The number of thiophene rings is 1. The number of nitrogens with zero attached hydrogens (tertiary/aromatic N) is 2. The van der Waals surface area contributed by atoms with Crippen molar-refractivity contribution in [3.8, 4) is 0 Å². The molecule has 0 saturated heterocycles. The number of rotatable bonds is 5. The first-order valence-electron chi connectivity index (χ1n) is 9.04. The number of H-pyrrole nitrogens is 1. The van der Waals surface area contributed by atoms with E-state index in [9.17, 15) is 14.4 Å². The van der Waals surface area contributed by atoms with E-state index in [1.165, 1.54) is 15.9 Å². The molecule has 2 heterocycles. The Bertz CT molecular complexity index is 854. The highest BCUT2D eigenvalue weighted by molar-refractivity contribution is 7.17. The van der Waals surface area contributed by atoms with Crippen LogP contribution in [0.25, 0.3) is 10.2 Å². The van der Waals surface area contributed by atoms with Gasteiger partial charge in [-0.1, -0.05) is 0 Å². The minimum Gasteiger partial charge on any atom is -0.343 e. The molecule has 2 aromatic heterocycles. The van der Waals surface area contributed by atoms with Gasteiger partial charge in [-0.15, -0.1) is 11.3 Å². The standard InChI is InChI=1S/C18H25N3O3S/c1-3-20(4-2)16(22)13-7-5-12(6-8-13)11-21-17(23)15-14(9-10-25-15)19-18(21)24/h9-10,12-13H,3-8,11H2,1-2H3,(H,19,24). The van der Waals surface area contributed by atoms with E-state index < -0.39 is 0 Å². The lowest BCUT2D eigenvalue weighted by Gasteiger charge is -2.31. The van der Waals surface area contributed by atoms with Gasteiger partial charge >= 0.3 is 5.69 Å². The third kappa shape index (κ3) is 3.56. The van der Waals surface area contributed by atoms with E-state index in [0.717, 1.165) is 38.8 Å². The molecule has 7 heteroatoms. The summed E-state index contributed by atoms with van der Waals surface area (Å²) in [6, 6.07) is 1.76. The number of nitrogens with one attached hydrogen (secondary N) is 1. The van der Waals surface area contributed by atoms with Crippen molar-refractivity contribution < 1.29 is 4.79 Å². The van der Waals surface area contributed by atoms with Crippen LogP contribution in [0.15, 0.2) is 21.0 Å². The second-order valence-corrected chi connectivity index (χ2v) is 7.65. The Labute approximate surface area is 150 Å². The van der Waals surface area contributed by atoms with Gasteiger partial charge in [0.25, 0.3) is 5.56 Å². The average Bonchev–Trinajstić information content (AvgIpc) is 3.08. The Kier molecular flexibility index (Phi) is 5.42. The van der Waals surface area contributed by atoms with Crippen LogP contribution in [0.1, 0.15) is 39.5 Å². The zero-order chi connectivity index (χ0) is 18.0. The molecule has 0 unspecified atom stereocenters. The van der Waals surface area contributed by atoms with E-state index in [0.29, 0.717) is 16.8 Å². The summed E-state index contributed by atoms with van der Waals surface area (Å²) in [6.07, 6.45) is 3.44. The first-order chi connectivity index (χ1) is 12.0. The predicted octanol–water partition coefficient (Wildman–Crippen LogP) is 2.43. The number of aromatic nitrogens is 2. The molecule has 1 N–H and O–H groups in total. The van der Waals surface area contributed by atoms with Crippen molar-refractivity contribution in [2.24, 2.45) is 11.8 Å². The lowest BCUT2D eigenvalue weighted by atomic mass is 9.81. The minimum absolute atomic E-state index is 0.0888. The van der Waals surface area contributed by atoms with Crippen molar-refractivity contribution in [2.75, 3.05) is 13.1 Å². The van der Waals surface area contributed by atoms with Crippen LogP contribution in [0, 0.1) is 11.8 Å². The molecule has 1 saturated carbocycles. The van der Waals surface area contributed by atoms with Crippen LogP contribution in [0.4, 0.5) is 0 Å². The molecule has 0 atom stereocenters. The van der Waals surface area contributed by atoms with Crippen LogP contribution in [0.3, 0.4) is 0 Å². The Morgan fingerprint density at radius 2 is 1.92 bits per heavy atom. The Hall–Kier alpha value is -1.89. The number of hydrogen-bond acceptors (Lipinski definition) is 4. The molecule has 3 rings (SSSR count). The summed E-state index contributed by atoms with van der Waals surface area (Å²) in [5.74, 6) is 0.612. The molecule has 0 bridgehead atoms. The monoisotopic (exact) mass is 363 g/mol. The zero-order valence-corrected chi connectivity index (χ0v) is 15.6. The Morgan fingerprint density at radius 1 is 1.24 bits per heavy atom. The van der Waals surface area contributed by atoms with Crippen molar-refractivity contribution >= 4 is 27.5 Å². The van der Waals surface area contributed by atoms with E-state index in [4.69, 9.17) is 0 Å². The maximum Gasteiger partial charge on any atom is 0.328 e. The molecule has 6 nitrogen and oxygen atoms in total. The molecule has 0 aliphatic heterocycles. The maximum atomic E-state index is 12.5. The molecular weight excluding hydrogens is 338 g/mol. The van der Waals surface area contributed by atoms with E-state index >= 15 is 0 Å². The summed E-state index contributed by atoms with van der Waals surface area (Å²) in [6.45, 7) is 5.95. The molecule has 0 radical (unpaired) electrons. The average molecular weight is 363 g/mol. The van der Waals surface area contributed by atoms with Crippen molar-refractivity contribution in [1.29, 1.82) is 0 Å². The molecule has 1 aliphatic rings. The zero-order valence-electron chi connectivity index (χ0n) is 14.8. The van der Waals surface area contributed by atoms with Gasteiger partial charge in [0.05, 0.1) is 5.52 Å². The predicted molar refractivity (Wildman–Crippen MR) is 100 cm³/mol. The van der Waals surface area contributed by atoms with Crippen LogP contribution in [-0.2, 0) is 11.3 Å². The highest BCUT2D eigenvalue weighted by atomic mass is 32.1. The summed E-state index contributed by atoms with van der Waals surface area (Å²) in [5.41, 5.74) is 0.0807. The number of hydrogen-bond donors (Lipinski definition) is 1. The molecule has 1 aliphatic carbocycles. The molecule has 25 heavy (non-hydrogen) atoms. The van der Waals surface area contributed by atoms with Crippen LogP contribution in [0.2, 0.25) is 0 Å². The molecule has 1 fully saturated rings. The number of fused-ring (bicyclic) bond motifs is 1. The molecule has 0 spiro atoms. The normalized spacial score (nSPS) is 20.7. The highest BCUT2D eigenvalue weighted by Gasteiger charge is 2.29. The Balaban J connectivity index is 1.68. The molecule has 136 valence electrons. The second kappa shape index (κ2) is 7.56. The van der Waals surface area contributed by atoms with Gasteiger partial charge in [-0.05, 0) is 56.9 Å². The molecular formula is C18H25N3O3S. The van der Waals surface area contributed by atoms with Crippen molar-refractivity contribution in [1.82, 2.24) is 14.5 Å². The van der Waals surface area contributed by atoms with Gasteiger partial charge in [-0.3, -0.25) is 14.2 Å². The largest absolute Gasteiger partial charge is 0.343 e. The van der Waals surface area contributed by atoms with E-state index in [-0.39, 0.29) is 29.0 Å². The smallest absolute Gasteiger partial charge is 0.328 e. The van der Waals surface area contributed by atoms with Gasteiger partial charge in [0.1, 0.15) is 4.70 Å². The van der Waals surface area contributed by atoms with Gasteiger partial charge in [0, 0.05) is 25.6 Å². The van der Waals surface area contributed by atoms with Crippen molar-refractivity contribution in [3.05, 3.63) is 32.3 Å². The lowest BCUT2D eigenvalue weighted by Crippen LogP contribution is -2.40. The first-order valence-corrected chi connectivity index (χ1v) is 9.92. The third-order valence-corrected chi connectivity index (χ3v) is 6.21. The van der Waals surface area contributed by atoms with Gasteiger partial charge in [0.15, 0.2) is 0 Å². The van der Waals surface area contributed by atoms with Gasteiger partial charge in [-0.2, -0.15) is 0 Å². The minimum atomic E-state index is -0.336. The summed E-state index contributed by atoms with van der Waals surface area (Å²) in [7, 11) is 0. The van der Waals surface area contributed by atoms with Crippen LogP contribution < -0.4 is 11.2 Å². The van der Waals surface area contributed by atoms with Gasteiger partial charge in [0.2, 0.25) is 5.91 Å². The number of carbonyl (C=O) groups is 1. The van der Waals surface area contributed by atoms with Crippen LogP contribution in [-0.4, -0.2) is 33.4 Å². The summed E-state index contributed by atoms with van der Waals surface area (Å²) >= 11 is 1.36. The number of amides is 1. The van der Waals surface area contributed by atoms with Crippen LogP contribution in [0.5, 0.6) is 0 Å². The quantitative estimate of drug-likeness (QED) is 0.886. The summed E-state index contributed by atoms with van der Waals surface area (Å²) in [4.78, 5) is 41.9. The maximum absolute atomic E-state index is 12.5. The third-order valence-electron chi connectivity index (χ3n) is 5.30. The summed E-state index contributed by atoms with van der Waals surface area (Å²) < 4.78 is 1.93. The molecule has 1 amide bonds. The fourth-order valence-corrected chi connectivity index (χ4v) is 4.58. The fraction of sp³-hybridized carbons (Fsp3) is 0.611. The summed E-state index contributed by atoms with van der Waals surface area (Å²) in [5, 5.41) is 1.82. The SMILES string of the molecule is CCN(CC)C(=O)C1CCC(Cn2c(=O)[nH]c3ccsc3c2=O)CC1. The van der Waals surface area contributed by atoms with Crippen molar-refractivity contribution in [3.63, 3.8) is 0 Å². The van der Waals surface area contributed by atoms with Crippen molar-refractivity contribution in [2.45, 2.75) is 46.1 Å². The van der Waals surface area contributed by atoms with Gasteiger partial charge in [-0.25, -0.2) is 4.79 Å². The topological polar surface area (TPSA) is 75.2 Å². The second-order valence-electron chi connectivity index (χ2n) is 6.74. The number of carbonyl (C=O) groups excluding carboxylic acids is 1. The highest BCUT2D eigenvalue weighted by Crippen LogP contribution is 2.30. The van der Waals surface area contributed by atoms with E-state index in [1.54, 1.807) is 6.07 Å².